The Morgan fingerprint density at radius 1 is 1.20 bits per heavy atom. The number of methoxy groups -OCH3 is 1. The molecule has 6 heteroatoms. The van der Waals surface area contributed by atoms with Crippen LogP contribution in [0.15, 0.2) is 54.6 Å². The first kappa shape index (κ1) is 18.4. The second-order valence-corrected chi connectivity index (χ2v) is 5.47. The Bertz CT molecular complexity index is 740. The number of ether oxygens (including phenoxy) is 1. The van der Waals surface area contributed by atoms with Crippen molar-refractivity contribution >= 4 is 5.91 Å². The number of carbonyl (C=O) groups excluding carboxylic acids is 1. The van der Waals surface area contributed by atoms with Gasteiger partial charge in [0.25, 0.3) is 0 Å². The highest BCUT2D eigenvalue weighted by Gasteiger charge is 2.08. The van der Waals surface area contributed by atoms with Gasteiger partial charge in [-0.05, 0) is 47.9 Å². The normalized spacial score (nSPS) is 12.1. The zero-order valence-corrected chi connectivity index (χ0v) is 13.8. The van der Waals surface area contributed by atoms with Crippen molar-refractivity contribution in [3.63, 3.8) is 0 Å². The Morgan fingerprint density at radius 2 is 1.92 bits per heavy atom. The molecule has 0 saturated heterocycles. The largest absolute Gasteiger partial charge is 0.508 e. The van der Waals surface area contributed by atoms with Crippen molar-refractivity contribution in [2.75, 3.05) is 13.7 Å². The third-order valence-electron chi connectivity index (χ3n) is 3.61. The number of aliphatic hydroxyl groups is 1. The maximum atomic E-state index is 11.8. The first-order valence-corrected chi connectivity index (χ1v) is 7.77. The summed E-state index contributed by atoms with van der Waals surface area (Å²) in [5.41, 5.74) is 1.50. The molecule has 0 fully saturated rings. The van der Waals surface area contributed by atoms with Crippen molar-refractivity contribution < 1.29 is 24.9 Å². The lowest BCUT2D eigenvalue weighted by Crippen LogP contribution is -2.26. The summed E-state index contributed by atoms with van der Waals surface area (Å²) in [6.45, 7) is 0.0704. The monoisotopic (exact) mass is 343 g/mol. The highest BCUT2D eigenvalue weighted by atomic mass is 16.5. The molecule has 0 aromatic heterocycles. The van der Waals surface area contributed by atoms with E-state index in [1.165, 1.54) is 31.4 Å². The number of aliphatic hydroxyl groups excluding tert-OH is 1. The fourth-order valence-electron chi connectivity index (χ4n) is 2.22. The number of allylic oxidation sites excluding steroid dienone is 1. The molecule has 4 N–H and O–H groups in total. The molecule has 0 radical (unpaired) electrons. The van der Waals surface area contributed by atoms with Gasteiger partial charge in [0.05, 0.1) is 13.2 Å². The van der Waals surface area contributed by atoms with Crippen molar-refractivity contribution in [1.82, 2.24) is 5.32 Å². The number of amides is 1. The zero-order chi connectivity index (χ0) is 18.2. The van der Waals surface area contributed by atoms with Crippen molar-refractivity contribution in [2.24, 2.45) is 0 Å². The second kappa shape index (κ2) is 8.75. The SMILES string of the molecule is COc1cc(CC=CC(=O)NCC(O)c2ccc(O)cc2)ccc1O. The molecule has 2 aromatic carbocycles. The molecule has 25 heavy (non-hydrogen) atoms. The third-order valence-corrected chi connectivity index (χ3v) is 3.61. The van der Waals surface area contributed by atoms with Gasteiger partial charge in [0.1, 0.15) is 5.75 Å². The molecule has 1 atom stereocenters. The smallest absolute Gasteiger partial charge is 0.243 e. The topological polar surface area (TPSA) is 99.0 Å². The summed E-state index contributed by atoms with van der Waals surface area (Å²) < 4.78 is 5.03. The van der Waals surface area contributed by atoms with E-state index >= 15 is 0 Å². The van der Waals surface area contributed by atoms with Gasteiger partial charge < -0.3 is 25.4 Å². The number of phenolic OH excluding ortho intramolecular Hbond substituents is 2. The van der Waals surface area contributed by atoms with Crippen molar-refractivity contribution in [2.45, 2.75) is 12.5 Å². The van der Waals surface area contributed by atoms with E-state index in [-0.39, 0.29) is 24.0 Å². The van der Waals surface area contributed by atoms with Gasteiger partial charge in [0.2, 0.25) is 5.91 Å². The van der Waals surface area contributed by atoms with E-state index in [0.717, 1.165) is 5.56 Å². The third kappa shape index (κ3) is 5.54. The van der Waals surface area contributed by atoms with Crippen molar-refractivity contribution in [1.29, 1.82) is 0 Å². The van der Waals surface area contributed by atoms with Gasteiger partial charge in [-0.3, -0.25) is 4.79 Å². The molecule has 2 aromatic rings. The molecule has 0 spiro atoms. The molecule has 132 valence electrons. The minimum Gasteiger partial charge on any atom is -0.508 e. The van der Waals surface area contributed by atoms with E-state index in [1.54, 1.807) is 30.3 Å². The van der Waals surface area contributed by atoms with Gasteiger partial charge in [-0.2, -0.15) is 0 Å². The lowest BCUT2D eigenvalue weighted by molar-refractivity contribution is -0.117. The quantitative estimate of drug-likeness (QED) is 0.577. The van der Waals surface area contributed by atoms with E-state index in [2.05, 4.69) is 5.32 Å². The van der Waals surface area contributed by atoms with Gasteiger partial charge in [0.15, 0.2) is 11.5 Å². The first-order valence-electron chi connectivity index (χ1n) is 7.77. The van der Waals surface area contributed by atoms with Gasteiger partial charge in [-0.1, -0.05) is 24.3 Å². The highest BCUT2D eigenvalue weighted by Crippen LogP contribution is 2.26. The summed E-state index contributed by atoms with van der Waals surface area (Å²) in [7, 11) is 1.47. The molecule has 0 aliphatic heterocycles. The minimum atomic E-state index is -0.848. The van der Waals surface area contributed by atoms with Gasteiger partial charge >= 0.3 is 0 Å². The maximum absolute atomic E-state index is 11.8. The molecular formula is C19H21NO5. The van der Waals surface area contributed by atoms with Crippen LogP contribution >= 0.6 is 0 Å². The van der Waals surface area contributed by atoms with Gasteiger partial charge in [-0.15, -0.1) is 0 Å². The van der Waals surface area contributed by atoms with Crippen LogP contribution in [0.4, 0.5) is 0 Å². The Morgan fingerprint density at radius 3 is 2.60 bits per heavy atom. The van der Waals surface area contributed by atoms with E-state index in [4.69, 9.17) is 4.74 Å². The van der Waals surface area contributed by atoms with Crippen molar-refractivity contribution in [3.05, 3.63) is 65.7 Å². The van der Waals surface area contributed by atoms with Gasteiger partial charge in [0, 0.05) is 6.54 Å². The minimum absolute atomic E-state index is 0.0659. The van der Waals surface area contributed by atoms with Crippen LogP contribution < -0.4 is 10.1 Å². The molecule has 6 nitrogen and oxygen atoms in total. The molecule has 1 unspecified atom stereocenters. The van der Waals surface area contributed by atoms with Crippen molar-refractivity contribution in [3.8, 4) is 17.2 Å². The molecule has 0 aliphatic carbocycles. The summed E-state index contributed by atoms with van der Waals surface area (Å²) >= 11 is 0. The zero-order valence-electron chi connectivity index (χ0n) is 13.8. The van der Waals surface area contributed by atoms with Crippen LogP contribution in [0.3, 0.4) is 0 Å². The first-order chi connectivity index (χ1) is 12.0. The van der Waals surface area contributed by atoms with E-state index in [0.29, 0.717) is 17.7 Å². The van der Waals surface area contributed by atoms with Crippen LogP contribution in [0, 0.1) is 0 Å². The Labute approximate surface area is 146 Å². The fraction of sp³-hybridized carbons (Fsp3) is 0.211. The summed E-state index contributed by atoms with van der Waals surface area (Å²) in [5.74, 6) is 0.251. The van der Waals surface area contributed by atoms with Crippen LogP contribution in [0.2, 0.25) is 0 Å². The molecule has 0 aliphatic rings. The molecular weight excluding hydrogens is 322 g/mol. The maximum Gasteiger partial charge on any atom is 0.243 e. The van der Waals surface area contributed by atoms with E-state index in [1.807, 2.05) is 0 Å². The Balaban J connectivity index is 1.81. The number of hydrogen-bond donors (Lipinski definition) is 4. The molecule has 0 saturated carbocycles. The number of aromatic hydroxyl groups is 2. The highest BCUT2D eigenvalue weighted by molar-refractivity contribution is 5.87. The summed E-state index contributed by atoms with van der Waals surface area (Å²) in [4.78, 5) is 11.8. The summed E-state index contributed by atoms with van der Waals surface area (Å²) in [5, 5.41) is 31.3. The predicted molar refractivity (Wildman–Crippen MR) is 93.6 cm³/mol. The van der Waals surface area contributed by atoms with Crippen LogP contribution in [-0.4, -0.2) is 34.9 Å². The number of benzene rings is 2. The molecule has 0 heterocycles. The Kier molecular flexibility index (Phi) is 6.42. The number of phenols is 2. The fourth-order valence-corrected chi connectivity index (χ4v) is 2.22. The average molecular weight is 343 g/mol. The summed E-state index contributed by atoms with van der Waals surface area (Å²) in [6, 6.07) is 11.1. The van der Waals surface area contributed by atoms with Crippen LogP contribution in [-0.2, 0) is 11.2 Å². The summed E-state index contributed by atoms with van der Waals surface area (Å²) in [6.07, 6.45) is 2.74. The lowest BCUT2D eigenvalue weighted by atomic mass is 10.1. The van der Waals surface area contributed by atoms with Crippen LogP contribution in [0.1, 0.15) is 17.2 Å². The number of rotatable bonds is 7. The van der Waals surface area contributed by atoms with E-state index in [9.17, 15) is 20.1 Å². The Hall–Kier alpha value is -2.99. The van der Waals surface area contributed by atoms with Crippen LogP contribution in [0.25, 0.3) is 0 Å². The van der Waals surface area contributed by atoms with Crippen LogP contribution in [0.5, 0.6) is 17.2 Å². The van der Waals surface area contributed by atoms with Gasteiger partial charge in [-0.25, -0.2) is 0 Å². The lowest BCUT2D eigenvalue weighted by Gasteiger charge is -2.11. The number of hydrogen-bond acceptors (Lipinski definition) is 5. The number of carbonyl (C=O) groups is 1. The standard InChI is InChI=1S/C19H21NO5/c1-25-18-11-13(5-10-16(18)22)3-2-4-19(24)20-12-17(23)14-6-8-15(21)9-7-14/h2,4-11,17,21-23H,3,12H2,1H3,(H,20,24). The average Bonchev–Trinajstić information content (AvgIpc) is 2.61. The van der Waals surface area contributed by atoms with E-state index < -0.39 is 6.10 Å². The predicted octanol–water partition coefficient (Wildman–Crippen LogP) is 2.05. The number of nitrogens with one attached hydrogen (secondary N) is 1. The second-order valence-electron chi connectivity index (χ2n) is 5.47. The molecule has 0 bridgehead atoms. The molecule has 1 amide bonds. The molecule has 2 rings (SSSR count).